The lowest BCUT2D eigenvalue weighted by Gasteiger charge is -2.34. The van der Waals surface area contributed by atoms with Gasteiger partial charge in [0.2, 0.25) is 5.82 Å². The number of rotatable bonds is 13. The van der Waals surface area contributed by atoms with Crippen LogP contribution < -0.4 is 4.90 Å². The van der Waals surface area contributed by atoms with Crippen molar-refractivity contribution in [2.45, 2.75) is 58.0 Å². The van der Waals surface area contributed by atoms with Gasteiger partial charge in [0, 0.05) is 37.3 Å². The second-order valence-corrected chi connectivity index (χ2v) is 15.2. The molecule has 3 heterocycles. The van der Waals surface area contributed by atoms with E-state index < -0.39 is 5.54 Å². The van der Waals surface area contributed by atoms with E-state index in [0.29, 0.717) is 24.0 Å². The van der Waals surface area contributed by atoms with Gasteiger partial charge in [-0.2, -0.15) is 0 Å². The van der Waals surface area contributed by atoms with Crippen LogP contribution in [-0.4, -0.2) is 49.1 Å². The van der Waals surface area contributed by atoms with Gasteiger partial charge in [-0.3, -0.25) is 4.79 Å². The molecular weight excluding hydrogens is 714 g/mol. The molecule has 0 N–H and O–H groups in total. The SMILES string of the molecule is CCCCc1nc(Cl)c(C=O)n1Cc1ccc(-c2cc(N3CCC[C@H](C)C3)ccc2-c2nnn(C(c3ccccc3)(c3ccccc3)c3ccccc3)n2)cc1. The number of aryl methyl sites for hydroxylation is 1. The highest BCUT2D eigenvalue weighted by molar-refractivity contribution is 6.31. The topological polar surface area (TPSA) is 81.7 Å². The van der Waals surface area contributed by atoms with Crippen molar-refractivity contribution in [3.8, 4) is 22.5 Å². The van der Waals surface area contributed by atoms with Crippen molar-refractivity contribution in [1.29, 1.82) is 0 Å². The first kappa shape index (κ1) is 37.1. The monoisotopic (exact) mass is 759 g/mol. The number of imidazole rings is 1. The summed E-state index contributed by atoms with van der Waals surface area (Å²) >= 11 is 6.41. The zero-order valence-corrected chi connectivity index (χ0v) is 32.7. The number of carbonyl (C=O) groups is 1. The predicted octanol–water partition coefficient (Wildman–Crippen LogP) is 10.1. The van der Waals surface area contributed by atoms with E-state index in [4.69, 9.17) is 27.0 Å². The van der Waals surface area contributed by atoms with E-state index >= 15 is 0 Å². The van der Waals surface area contributed by atoms with Crippen molar-refractivity contribution in [3.63, 3.8) is 0 Å². The number of hydrogen-bond donors (Lipinski definition) is 0. The minimum Gasteiger partial charge on any atom is -0.371 e. The summed E-state index contributed by atoms with van der Waals surface area (Å²) in [6.07, 6.45) is 5.99. The molecule has 1 aliphatic heterocycles. The van der Waals surface area contributed by atoms with Gasteiger partial charge in [-0.05, 0) is 82.0 Å². The van der Waals surface area contributed by atoms with Crippen molar-refractivity contribution in [1.82, 2.24) is 29.8 Å². The molecule has 1 atom stereocenters. The Morgan fingerprint density at radius 2 is 1.46 bits per heavy atom. The van der Waals surface area contributed by atoms with Crippen molar-refractivity contribution < 1.29 is 4.79 Å². The molecule has 282 valence electrons. The summed E-state index contributed by atoms with van der Waals surface area (Å²) in [5, 5.41) is 15.2. The fraction of sp³-hybridized carbons (Fsp3) is 0.255. The van der Waals surface area contributed by atoms with E-state index in [0.717, 1.165) is 83.4 Å². The maximum atomic E-state index is 12.1. The molecule has 1 fully saturated rings. The minimum absolute atomic E-state index is 0.257. The average Bonchev–Trinajstić information content (AvgIpc) is 3.85. The number of hydrogen-bond acceptors (Lipinski definition) is 6. The Morgan fingerprint density at radius 1 is 0.821 bits per heavy atom. The zero-order valence-electron chi connectivity index (χ0n) is 31.9. The fourth-order valence-corrected chi connectivity index (χ4v) is 8.45. The molecule has 0 bridgehead atoms. The summed E-state index contributed by atoms with van der Waals surface area (Å²) in [7, 11) is 0. The average molecular weight is 760 g/mol. The molecule has 56 heavy (non-hydrogen) atoms. The molecule has 8 nitrogen and oxygen atoms in total. The van der Waals surface area contributed by atoms with E-state index in [2.05, 4.69) is 139 Å². The molecule has 7 aromatic rings. The number of carbonyl (C=O) groups excluding carboxylic acids is 1. The molecule has 2 aromatic heterocycles. The summed E-state index contributed by atoms with van der Waals surface area (Å²) in [6, 6.07) is 46.4. The molecule has 5 aromatic carbocycles. The minimum atomic E-state index is -0.882. The summed E-state index contributed by atoms with van der Waals surface area (Å²) in [4.78, 5) is 20.9. The van der Waals surface area contributed by atoms with Gasteiger partial charge in [-0.1, -0.05) is 147 Å². The van der Waals surface area contributed by atoms with Gasteiger partial charge >= 0.3 is 0 Å². The van der Waals surface area contributed by atoms with Crippen molar-refractivity contribution in [2.75, 3.05) is 18.0 Å². The number of unbranched alkanes of at least 4 members (excludes halogenated alkanes) is 1. The molecular formula is C47H46ClN7O. The Bertz CT molecular complexity index is 2290. The summed E-state index contributed by atoms with van der Waals surface area (Å²) in [5.41, 5.74) is 7.82. The Balaban J connectivity index is 1.24. The molecule has 0 amide bonds. The number of aromatic nitrogens is 6. The fourth-order valence-electron chi connectivity index (χ4n) is 8.20. The molecule has 1 aliphatic rings. The molecule has 1 saturated heterocycles. The Hall–Kier alpha value is -5.86. The normalized spacial score (nSPS) is 14.6. The third kappa shape index (κ3) is 7.17. The van der Waals surface area contributed by atoms with Gasteiger partial charge in [0.25, 0.3) is 0 Å². The van der Waals surface area contributed by atoms with E-state index in [9.17, 15) is 4.79 Å². The Labute approximate surface area is 333 Å². The lowest BCUT2D eigenvalue weighted by Crippen LogP contribution is -2.39. The first-order valence-corrected chi connectivity index (χ1v) is 20.0. The number of aldehydes is 1. The summed E-state index contributed by atoms with van der Waals surface area (Å²) in [6.45, 7) is 7.02. The van der Waals surface area contributed by atoms with E-state index in [1.165, 1.54) is 18.5 Å². The van der Waals surface area contributed by atoms with Crippen LogP contribution in [0, 0.1) is 5.92 Å². The molecule has 0 spiro atoms. The maximum Gasteiger partial charge on any atom is 0.205 e. The summed E-state index contributed by atoms with van der Waals surface area (Å²) < 4.78 is 1.95. The highest BCUT2D eigenvalue weighted by Crippen LogP contribution is 2.41. The molecule has 8 rings (SSSR count). The molecule has 0 aliphatic carbocycles. The van der Waals surface area contributed by atoms with Gasteiger partial charge < -0.3 is 9.47 Å². The second-order valence-electron chi connectivity index (χ2n) is 14.8. The van der Waals surface area contributed by atoms with Crippen LogP contribution in [0.4, 0.5) is 5.69 Å². The molecule has 9 heteroatoms. The van der Waals surface area contributed by atoms with Gasteiger partial charge in [-0.25, -0.2) is 4.98 Å². The first-order chi connectivity index (χ1) is 27.5. The number of halogens is 1. The number of piperidine rings is 1. The van der Waals surface area contributed by atoms with Crippen molar-refractivity contribution >= 4 is 23.6 Å². The quantitative estimate of drug-likeness (QED) is 0.0860. The van der Waals surface area contributed by atoms with E-state index in [-0.39, 0.29) is 5.15 Å². The van der Waals surface area contributed by atoms with Crippen molar-refractivity contribution in [2.24, 2.45) is 5.92 Å². The van der Waals surface area contributed by atoms with Gasteiger partial charge in [0.05, 0.1) is 0 Å². The maximum absolute atomic E-state index is 12.1. The van der Waals surface area contributed by atoms with Crippen LogP contribution in [0.2, 0.25) is 5.15 Å². The molecule has 0 saturated carbocycles. The van der Waals surface area contributed by atoms with Crippen LogP contribution in [0.3, 0.4) is 0 Å². The highest BCUT2D eigenvalue weighted by atomic mass is 35.5. The Morgan fingerprint density at radius 3 is 2.05 bits per heavy atom. The van der Waals surface area contributed by atoms with Crippen molar-refractivity contribution in [3.05, 3.63) is 172 Å². The van der Waals surface area contributed by atoms with E-state index in [1.807, 2.05) is 22.8 Å². The molecule has 0 radical (unpaired) electrons. The number of tetrazole rings is 1. The lowest BCUT2D eigenvalue weighted by atomic mass is 9.77. The third-order valence-electron chi connectivity index (χ3n) is 11.1. The predicted molar refractivity (Wildman–Crippen MR) is 224 cm³/mol. The number of nitrogens with zero attached hydrogens (tertiary/aromatic N) is 7. The van der Waals surface area contributed by atoms with E-state index in [1.54, 1.807) is 4.80 Å². The van der Waals surface area contributed by atoms with Crippen LogP contribution in [0.15, 0.2) is 133 Å². The standard InChI is InChI=1S/C47H46ClN7O/c1-3-4-22-44-49-45(48)43(33-56)54(44)32-35-23-25-36(26-24-35)42-30-40(53-29-14-15-34(2)31-53)27-28-41(42)46-50-52-55(51-46)47(37-16-8-5-9-17-37,38-18-10-6-11-19-38)39-20-12-7-13-21-39/h5-13,16-21,23-28,30,33-34H,3-4,14-15,22,29,31-32H2,1-2H3/t34-/m0/s1. The van der Waals surface area contributed by atoms with Gasteiger partial charge in [0.1, 0.15) is 11.5 Å². The Kier molecular flexibility index (Phi) is 10.9. The first-order valence-electron chi connectivity index (χ1n) is 19.7. The third-order valence-corrected chi connectivity index (χ3v) is 11.3. The van der Waals surface area contributed by atoms with Gasteiger partial charge in [0.15, 0.2) is 17.0 Å². The summed E-state index contributed by atoms with van der Waals surface area (Å²) in [5.74, 6) is 2.00. The smallest absolute Gasteiger partial charge is 0.205 e. The largest absolute Gasteiger partial charge is 0.371 e. The van der Waals surface area contributed by atoms with Crippen LogP contribution in [0.25, 0.3) is 22.5 Å². The van der Waals surface area contributed by atoms with Crippen LogP contribution in [-0.2, 0) is 18.5 Å². The van der Waals surface area contributed by atoms with Crippen LogP contribution in [0.1, 0.15) is 78.1 Å². The second kappa shape index (κ2) is 16.5. The zero-order chi connectivity index (χ0) is 38.5. The lowest BCUT2D eigenvalue weighted by molar-refractivity contribution is 0.111. The van der Waals surface area contributed by atoms with Crippen LogP contribution >= 0.6 is 11.6 Å². The number of benzene rings is 5. The molecule has 0 unspecified atom stereocenters. The van der Waals surface area contributed by atoms with Gasteiger partial charge in [-0.15, -0.1) is 15.0 Å². The van der Waals surface area contributed by atoms with Crippen LogP contribution in [0.5, 0.6) is 0 Å². The number of anilines is 1. The highest BCUT2D eigenvalue weighted by Gasteiger charge is 2.41.